The molecule has 2 heterocycles. The molecule has 1 aromatic heterocycles. The van der Waals surface area contributed by atoms with Gasteiger partial charge in [-0.15, -0.1) is 0 Å². The minimum atomic E-state index is -1.23. The molecule has 0 amide bonds. The lowest BCUT2D eigenvalue weighted by atomic mass is 9.82. The van der Waals surface area contributed by atoms with Gasteiger partial charge in [-0.25, -0.2) is 4.39 Å². The number of Topliss-reactive ketones (excluding diaryl/α,β-unsaturated/α-hetero) is 1. The summed E-state index contributed by atoms with van der Waals surface area (Å²) in [7, 11) is 0. The Kier molecular flexibility index (Phi) is 16.7. The van der Waals surface area contributed by atoms with Crippen LogP contribution in [-0.2, 0) is 25.8 Å². The fourth-order valence-corrected chi connectivity index (χ4v) is 5.87. The molecule has 0 bridgehead atoms. The highest BCUT2D eigenvalue weighted by molar-refractivity contribution is 5.99. The predicted octanol–water partition coefficient (Wildman–Crippen LogP) is 12.5. The van der Waals surface area contributed by atoms with Crippen molar-refractivity contribution >= 4 is 5.78 Å². The van der Waals surface area contributed by atoms with Crippen LogP contribution in [0.1, 0.15) is 125 Å². The summed E-state index contributed by atoms with van der Waals surface area (Å²) >= 11 is 0. The fraction of sp³-hybridized carbons (Fsp3) is 0.489. The zero-order valence-electron chi connectivity index (χ0n) is 32.7. The third-order valence-electron chi connectivity index (χ3n) is 9.02. The summed E-state index contributed by atoms with van der Waals surface area (Å²) in [5.41, 5.74) is 8.12. The standard InChI is InChI=1S/C25H27FO2.C16H25N.2C2H6/c1-5-21-11-13-24(28-21)20-10-12-22(17(2)14-20)23(27)15-18-6-8-19(9-7-18)16-25(3,4)26;1-13-5-6-15(11-14(13)2)12-17-9-7-16(3,4)8-10-17;2*1-2/h6-14H,5,15-16H2,1-4H3;5-6,11H,7-10,12H2,1-4H3;2*1-2H3. The van der Waals surface area contributed by atoms with Crippen LogP contribution in [0.25, 0.3) is 11.3 Å². The summed E-state index contributed by atoms with van der Waals surface area (Å²) in [6.07, 6.45) is 4.22. The molecule has 1 aliphatic rings. The second-order valence-electron chi connectivity index (χ2n) is 14.3. The number of carbonyl (C=O) groups is 1. The minimum Gasteiger partial charge on any atom is -0.461 e. The van der Waals surface area contributed by atoms with Crippen molar-refractivity contribution in [2.24, 2.45) is 5.41 Å². The van der Waals surface area contributed by atoms with E-state index in [4.69, 9.17) is 4.42 Å². The second kappa shape index (κ2) is 19.6. The number of halogens is 1. The summed E-state index contributed by atoms with van der Waals surface area (Å²) < 4.78 is 19.6. The van der Waals surface area contributed by atoms with Gasteiger partial charge in [0.1, 0.15) is 17.2 Å². The van der Waals surface area contributed by atoms with Crippen LogP contribution < -0.4 is 0 Å². The van der Waals surface area contributed by atoms with Gasteiger partial charge in [0.15, 0.2) is 5.78 Å². The maximum Gasteiger partial charge on any atom is 0.167 e. The number of benzene rings is 3. The number of carbonyl (C=O) groups excluding carboxylic acids is 1. The number of likely N-dealkylation sites (tertiary alicyclic amines) is 1. The van der Waals surface area contributed by atoms with Crippen molar-refractivity contribution in [2.45, 2.75) is 127 Å². The van der Waals surface area contributed by atoms with Crippen molar-refractivity contribution in [2.75, 3.05) is 13.1 Å². The molecule has 0 unspecified atom stereocenters. The van der Waals surface area contributed by atoms with Crippen molar-refractivity contribution in [3.63, 3.8) is 0 Å². The molecule has 1 fully saturated rings. The van der Waals surface area contributed by atoms with Gasteiger partial charge in [0.05, 0.1) is 0 Å². The predicted molar refractivity (Wildman–Crippen MR) is 209 cm³/mol. The summed E-state index contributed by atoms with van der Waals surface area (Å²) in [4.78, 5) is 15.4. The van der Waals surface area contributed by atoms with E-state index in [1.807, 2.05) is 89.2 Å². The first-order valence-corrected chi connectivity index (χ1v) is 18.5. The fourth-order valence-electron chi connectivity index (χ4n) is 5.87. The zero-order valence-corrected chi connectivity index (χ0v) is 32.7. The highest BCUT2D eigenvalue weighted by Crippen LogP contribution is 2.30. The largest absolute Gasteiger partial charge is 0.461 e. The molecule has 0 atom stereocenters. The SMILES string of the molecule is CC.CC.CCc1ccc(-c2ccc(C(=O)Cc3ccc(CC(C)(C)F)cc3)c(C)c2)o1.Cc1ccc(CN2CCC(C)(C)CC2)cc1C. The Bertz CT molecular complexity index is 1560. The number of rotatable bonds is 9. The number of alkyl halides is 1. The van der Waals surface area contributed by atoms with E-state index in [-0.39, 0.29) is 5.78 Å². The first-order chi connectivity index (χ1) is 23.2. The van der Waals surface area contributed by atoms with Gasteiger partial charge in [0.25, 0.3) is 0 Å². The third kappa shape index (κ3) is 13.7. The van der Waals surface area contributed by atoms with Gasteiger partial charge < -0.3 is 4.42 Å². The van der Waals surface area contributed by atoms with Crippen molar-refractivity contribution < 1.29 is 13.6 Å². The molecule has 3 aromatic carbocycles. The van der Waals surface area contributed by atoms with Gasteiger partial charge in [0.2, 0.25) is 0 Å². The Morgan fingerprint density at radius 3 is 1.90 bits per heavy atom. The first-order valence-electron chi connectivity index (χ1n) is 18.5. The molecule has 0 spiro atoms. The number of hydrogen-bond acceptors (Lipinski definition) is 3. The lowest BCUT2D eigenvalue weighted by Crippen LogP contribution is -2.36. The normalized spacial score (nSPS) is 14.0. The molecule has 0 aliphatic carbocycles. The second-order valence-corrected chi connectivity index (χ2v) is 14.3. The van der Waals surface area contributed by atoms with Crippen LogP contribution in [0.2, 0.25) is 0 Å². The first kappa shape index (κ1) is 41.7. The molecule has 5 rings (SSSR count). The van der Waals surface area contributed by atoms with E-state index in [2.05, 4.69) is 57.7 Å². The molecular formula is C45H64FNO2. The number of nitrogens with zero attached hydrogens (tertiary/aromatic N) is 1. The van der Waals surface area contributed by atoms with E-state index in [0.29, 0.717) is 18.3 Å². The van der Waals surface area contributed by atoms with Crippen molar-refractivity contribution in [3.05, 3.63) is 118 Å². The van der Waals surface area contributed by atoms with E-state index < -0.39 is 5.67 Å². The number of ketones is 1. The van der Waals surface area contributed by atoms with Crippen molar-refractivity contribution in [1.82, 2.24) is 4.90 Å². The van der Waals surface area contributed by atoms with Gasteiger partial charge in [-0.05, 0) is 118 Å². The Morgan fingerprint density at radius 1 is 0.776 bits per heavy atom. The Hall–Kier alpha value is -3.50. The monoisotopic (exact) mass is 669 g/mol. The molecule has 49 heavy (non-hydrogen) atoms. The average Bonchev–Trinajstić information content (AvgIpc) is 3.56. The van der Waals surface area contributed by atoms with Crippen LogP contribution in [0.3, 0.4) is 0 Å². The third-order valence-corrected chi connectivity index (χ3v) is 9.02. The van der Waals surface area contributed by atoms with Crippen LogP contribution >= 0.6 is 0 Å². The maximum absolute atomic E-state index is 13.8. The van der Waals surface area contributed by atoms with E-state index in [1.165, 1.54) is 42.6 Å². The molecule has 268 valence electrons. The maximum atomic E-state index is 13.8. The number of aryl methyl sites for hydroxylation is 4. The number of hydrogen-bond donors (Lipinski definition) is 0. The molecule has 0 saturated carbocycles. The molecule has 4 aromatic rings. The Labute approximate surface area is 298 Å². The molecule has 4 heteroatoms. The molecule has 1 aliphatic heterocycles. The van der Waals surface area contributed by atoms with Crippen molar-refractivity contribution in [3.8, 4) is 11.3 Å². The molecule has 3 nitrogen and oxygen atoms in total. The Morgan fingerprint density at radius 2 is 1.37 bits per heavy atom. The van der Waals surface area contributed by atoms with Crippen LogP contribution in [0.4, 0.5) is 4.39 Å². The minimum absolute atomic E-state index is 0.0799. The zero-order chi connectivity index (χ0) is 36.8. The summed E-state index contributed by atoms with van der Waals surface area (Å²) in [5.74, 6) is 1.86. The lowest BCUT2D eigenvalue weighted by Gasteiger charge is -2.37. The van der Waals surface area contributed by atoms with E-state index in [9.17, 15) is 9.18 Å². The number of piperidine rings is 1. The topological polar surface area (TPSA) is 33.5 Å². The number of furan rings is 1. The summed E-state index contributed by atoms with van der Waals surface area (Å²) in [6, 6.07) is 24.3. The van der Waals surface area contributed by atoms with E-state index >= 15 is 0 Å². The Balaban J connectivity index is 0.000000339. The quantitative estimate of drug-likeness (QED) is 0.166. The van der Waals surface area contributed by atoms with Crippen molar-refractivity contribution in [1.29, 1.82) is 0 Å². The van der Waals surface area contributed by atoms with Crippen LogP contribution in [-0.4, -0.2) is 29.4 Å². The van der Waals surface area contributed by atoms with Crippen LogP contribution in [0.5, 0.6) is 0 Å². The summed E-state index contributed by atoms with van der Waals surface area (Å²) in [5, 5.41) is 0. The van der Waals surface area contributed by atoms with Crippen LogP contribution in [0.15, 0.2) is 77.2 Å². The smallest absolute Gasteiger partial charge is 0.167 e. The molecular weight excluding hydrogens is 605 g/mol. The lowest BCUT2D eigenvalue weighted by molar-refractivity contribution is 0.0992. The molecule has 0 radical (unpaired) electrons. The van der Waals surface area contributed by atoms with Crippen LogP contribution in [0, 0.1) is 26.2 Å². The van der Waals surface area contributed by atoms with E-state index in [0.717, 1.165) is 52.3 Å². The van der Waals surface area contributed by atoms with Gasteiger partial charge >= 0.3 is 0 Å². The molecule has 0 N–H and O–H groups in total. The van der Waals surface area contributed by atoms with Gasteiger partial charge in [-0.2, -0.15) is 0 Å². The van der Waals surface area contributed by atoms with Gasteiger partial charge in [0, 0.05) is 36.9 Å². The summed E-state index contributed by atoms with van der Waals surface area (Å²) in [6.45, 7) is 27.9. The highest BCUT2D eigenvalue weighted by atomic mass is 19.1. The average molecular weight is 670 g/mol. The van der Waals surface area contributed by atoms with Gasteiger partial charge in [-0.1, -0.05) is 103 Å². The van der Waals surface area contributed by atoms with E-state index in [1.54, 1.807) is 13.8 Å². The highest BCUT2D eigenvalue weighted by Gasteiger charge is 2.25. The van der Waals surface area contributed by atoms with Gasteiger partial charge in [-0.3, -0.25) is 9.69 Å². The molecule has 1 saturated heterocycles.